The highest BCUT2D eigenvalue weighted by molar-refractivity contribution is 9.10. The molecule has 0 saturated carbocycles. The summed E-state index contributed by atoms with van der Waals surface area (Å²) >= 11 is 3.57. The van der Waals surface area contributed by atoms with Gasteiger partial charge < -0.3 is 9.80 Å². The van der Waals surface area contributed by atoms with Gasteiger partial charge in [0.15, 0.2) is 0 Å². The van der Waals surface area contributed by atoms with Crippen LogP contribution in [0.2, 0.25) is 0 Å². The maximum Gasteiger partial charge on any atom is 0.0361 e. The minimum atomic E-state index is 0.934. The molecule has 0 bridgehead atoms. The highest BCUT2D eigenvalue weighted by Gasteiger charge is 1.98. The van der Waals surface area contributed by atoms with Crippen molar-refractivity contribution in [1.29, 1.82) is 0 Å². The molecule has 0 fully saturated rings. The van der Waals surface area contributed by atoms with E-state index in [0.29, 0.717) is 0 Å². The van der Waals surface area contributed by atoms with Crippen molar-refractivity contribution < 1.29 is 0 Å². The molecule has 3 heteroatoms. The molecule has 3 aromatic rings. The van der Waals surface area contributed by atoms with Crippen molar-refractivity contribution in [2.45, 2.75) is 0 Å². The number of halogens is 1. The van der Waals surface area contributed by atoms with Gasteiger partial charge in [-0.1, -0.05) is 39.6 Å². The maximum absolute atomic E-state index is 3.57. The molecule has 3 aromatic carbocycles. The number of nitrogens with zero attached hydrogens (tertiary/aromatic N) is 2. The van der Waals surface area contributed by atoms with E-state index in [1.165, 1.54) is 0 Å². The van der Waals surface area contributed by atoms with Crippen molar-refractivity contribution in [3.63, 3.8) is 0 Å². The first-order chi connectivity index (χ1) is 13.9. The molecule has 144 valence electrons. The predicted molar refractivity (Wildman–Crippen MR) is 128 cm³/mol. The average molecular weight is 443 g/mol. The molecule has 0 unspecified atom stereocenters. The third-order valence-corrected chi connectivity index (χ3v) is 4.83. The fourth-order valence-corrected chi connectivity index (χ4v) is 3.20. The van der Waals surface area contributed by atoms with Gasteiger partial charge in [-0.25, -0.2) is 0 Å². The van der Waals surface area contributed by atoms with Crippen LogP contribution in [0.3, 0.4) is 0 Å². The van der Waals surface area contributed by atoms with E-state index in [4.69, 9.17) is 0 Å². The molecule has 0 heterocycles. The summed E-state index contributed by atoms with van der Waals surface area (Å²) in [6.07, 6.45) is 0. The van der Waals surface area contributed by atoms with Gasteiger partial charge in [0, 0.05) is 66.3 Å². The van der Waals surface area contributed by atoms with Crippen LogP contribution in [0.5, 0.6) is 0 Å². The van der Waals surface area contributed by atoms with Crippen LogP contribution in [0, 0.1) is 23.7 Å². The highest BCUT2D eigenvalue weighted by atomic mass is 79.9. The van der Waals surface area contributed by atoms with Gasteiger partial charge in [-0.15, -0.1) is 0 Å². The zero-order chi connectivity index (χ0) is 20.8. The Morgan fingerprint density at radius 2 is 0.862 bits per heavy atom. The molecular weight excluding hydrogens is 420 g/mol. The first-order valence-electron chi connectivity index (χ1n) is 9.30. The molecule has 0 radical (unpaired) electrons. The monoisotopic (exact) mass is 442 g/mol. The lowest BCUT2D eigenvalue weighted by Crippen LogP contribution is -2.07. The molecule has 0 N–H and O–H groups in total. The Kier molecular flexibility index (Phi) is 6.65. The molecule has 0 amide bonds. The van der Waals surface area contributed by atoms with Crippen molar-refractivity contribution >= 4 is 27.3 Å². The molecule has 0 aliphatic rings. The van der Waals surface area contributed by atoms with E-state index in [2.05, 4.69) is 73.7 Å². The largest absolute Gasteiger partial charge is 0.378 e. The minimum absolute atomic E-state index is 0.934. The first-order valence-corrected chi connectivity index (χ1v) is 10.1. The van der Waals surface area contributed by atoms with Gasteiger partial charge in [0.2, 0.25) is 0 Å². The summed E-state index contributed by atoms with van der Waals surface area (Å²) in [5.74, 6) is 12.9. The van der Waals surface area contributed by atoms with Crippen LogP contribution in [-0.4, -0.2) is 28.2 Å². The third-order valence-electron chi connectivity index (χ3n) is 4.37. The molecule has 0 spiro atoms. The quantitative estimate of drug-likeness (QED) is 0.491. The standard InChI is InChI=1S/C26H23BrN2/c1-28(2)25-13-9-20(10-14-25)5-7-22-17-23(19-24(27)18-22)8-6-21-11-15-26(16-12-21)29(3)4/h9-19H,1-4H3. The third kappa shape index (κ3) is 5.92. The van der Waals surface area contributed by atoms with Crippen molar-refractivity contribution in [3.05, 3.63) is 93.5 Å². The fourth-order valence-electron chi connectivity index (χ4n) is 2.71. The molecule has 0 atom stereocenters. The summed E-state index contributed by atoms with van der Waals surface area (Å²) in [5, 5.41) is 0. The van der Waals surface area contributed by atoms with Crippen molar-refractivity contribution in [2.24, 2.45) is 0 Å². The Hall–Kier alpha value is -3.14. The summed E-state index contributed by atoms with van der Waals surface area (Å²) in [6.45, 7) is 0. The van der Waals surface area contributed by atoms with Crippen LogP contribution in [0.15, 0.2) is 71.2 Å². The molecule has 0 aliphatic heterocycles. The van der Waals surface area contributed by atoms with Crippen LogP contribution >= 0.6 is 15.9 Å². The number of hydrogen-bond donors (Lipinski definition) is 0. The Morgan fingerprint density at radius 3 is 1.21 bits per heavy atom. The van der Waals surface area contributed by atoms with E-state index >= 15 is 0 Å². The number of rotatable bonds is 2. The van der Waals surface area contributed by atoms with E-state index in [0.717, 1.165) is 38.1 Å². The smallest absolute Gasteiger partial charge is 0.0361 e. The molecule has 2 nitrogen and oxygen atoms in total. The molecule has 0 aromatic heterocycles. The number of hydrogen-bond acceptors (Lipinski definition) is 2. The second kappa shape index (κ2) is 9.37. The van der Waals surface area contributed by atoms with E-state index < -0.39 is 0 Å². The Bertz CT molecular complexity index is 1020. The van der Waals surface area contributed by atoms with Crippen LogP contribution in [0.4, 0.5) is 11.4 Å². The molecule has 29 heavy (non-hydrogen) atoms. The zero-order valence-electron chi connectivity index (χ0n) is 17.1. The topological polar surface area (TPSA) is 6.48 Å². The van der Waals surface area contributed by atoms with Gasteiger partial charge >= 0.3 is 0 Å². The predicted octanol–water partition coefficient (Wildman–Crippen LogP) is 5.38. The minimum Gasteiger partial charge on any atom is -0.378 e. The average Bonchev–Trinajstić information content (AvgIpc) is 2.71. The van der Waals surface area contributed by atoms with E-state index in [9.17, 15) is 0 Å². The lowest BCUT2D eigenvalue weighted by molar-refractivity contribution is 1.13. The number of anilines is 2. The van der Waals surface area contributed by atoms with Crippen molar-refractivity contribution in [1.82, 2.24) is 0 Å². The molecule has 0 aliphatic carbocycles. The summed E-state index contributed by atoms with van der Waals surface area (Å²) < 4.78 is 0.972. The van der Waals surface area contributed by atoms with Crippen LogP contribution in [-0.2, 0) is 0 Å². The van der Waals surface area contributed by atoms with Gasteiger partial charge in [-0.3, -0.25) is 0 Å². The normalized spacial score (nSPS) is 9.69. The second-order valence-electron chi connectivity index (χ2n) is 7.11. The van der Waals surface area contributed by atoms with Crippen molar-refractivity contribution in [2.75, 3.05) is 38.0 Å². The van der Waals surface area contributed by atoms with E-state index in [1.807, 2.05) is 70.7 Å². The summed E-state index contributed by atoms with van der Waals surface area (Å²) in [4.78, 5) is 4.15. The van der Waals surface area contributed by atoms with Crippen LogP contribution in [0.1, 0.15) is 22.3 Å². The highest BCUT2D eigenvalue weighted by Crippen LogP contribution is 2.16. The fraction of sp³-hybridized carbons (Fsp3) is 0.154. The van der Waals surface area contributed by atoms with Crippen LogP contribution < -0.4 is 9.80 Å². The van der Waals surface area contributed by atoms with Gasteiger partial charge in [-0.05, 0) is 66.7 Å². The molecular formula is C26H23BrN2. The second-order valence-corrected chi connectivity index (χ2v) is 8.03. The summed E-state index contributed by atoms with van der Waals surface area (Å²) in [6, 6.07) is 22.5. The van der Waals surface area contributed by atoms with Crippen LogP contribution in [0.25, 0.3) is 0 Å². The van der Waals surface area contributed by atoms with E-state index in [1.54, 1.807) is 0 Å². The zero-order valence-corrected chi connectivity index (χ0v) is 18.7. The maximum atomic E-state index is 3.57. The van der Waals surface area contributed by atoms with Gasteiger partial charge in [-0.2, -0.15) is 0 Å². The Balaban J connectivity index is 1.80. The number of benzene rings is 3. The summed E-state index contributed by atoms with van der Waals surface area (Å²) in [7, 11) is 8.12. The SMILES string of the molecule is CN(C)c1ccc(C#Cc2cc(Br)cc(C#Cc3ccc(N(C)C)cc3)c2)cc1. The molecule has 0 saturated heterocycles. The Labute approximate surface area is 182 Å². The summed E-state index contributed by atoms with van der Waals surface area (Å²) in [5.41, 5.74) is 6.17. The van der Waals surface area contributed by atoms with E-state index in [-0.39, 0.29) is 0 Å². The van der Waals surface area contributed by atoms with Crippen molar-refractivity contribution in [3.8, 4) is 23.7 Å². The van der Waals surface area contributed by atoms with Gasteiger partial charge in [0.25, 0.3) is 0 Å². The first kappa shape index (κ1) is 20.6. The lowest BCUT2D eigenvalue weighted by Gasteiger charge is -2.11. The lowest BCUT2D eigenvalue weighted by atomic mass is 10.1. The Morgan fingerprint density at radius 1 is 0.517 bits per heavy atom. The van der Waals surface area contributed by atoms with Gasteiger partial charge in [0.05, 0.1) is 0 Å². The molecule has 3 rings (SSSR count). The van der Waals surface area contributed by atoms with Gasteiger partial charge in [0.1, 0.15) is 0 Å².